The monoisotopic (exact) mass is 833 g/mol. The van der Waals surface area contributed by atoms with Crippen LogP contribution in [0.5, 0.6) is 0 Å². The number of carbonyl (C=O) groups excluding carboxylic acids is 7. The van der Waals surface area contributed by atoms with Crippen LogP contribution >= 0.6 is 21.6 Å². The third-order valence-corrected chi connectivity index (χ3v) is 11.3. The van der Waals surface area contributed by atoms with Crippen LogP contribution in [0, 0.1) is 0 Å². The number of H-pyrrole nitrogens is 1. The maximum atomic E-state index is 14.0. The van der Waals surface area contributed by atoms with E-state index in [1.807, 2.05) is 24.3 Å². The Morgan fingerprint density at radius 1 is 0.895 bits per heavy atom. The lowest BCUT2D eigenvalue weighted by atomic mass is 10.1. The summed E-state index contributed by atoms with van der Waals surface area (Å²) in [5.41, 5.74) is 18.0. The number of carboxylic acids is 1. The highest BCUT2D eigenvalue weighted by molar-refractivity contribution is 8.76. The van der Waals surface area contributed by atoms with E-state index >= 15 is 0 Å². The zero-order chi connectivity index (χ0) is 42.1. The first-order chi connectivity index (χ1) is 27.1. The zero-order valence-electron chi connectivity index (χ0n) is 31.7. The maximum Gasteiger partial charge on any atom is 0.305 e. The molecule has 312 valence electrons. The Balaban J connectivity index is 1.87. The van der Waals surface area contributed by atoms with E-state index in [2.05, 4.69) is 36.6 Å². The predicted octanol–water partition coefficient (Wildman–Crippen LogP) is -1.81. The number of primary amides is 1. The first-order valence-electron chi connectivity index (χ1n) is 18.2. The van der Waals surface area contributed by atoms with E-state index in [-0.39, 0.29) is 49.8 Å². The molecular weight excluding hydrogens is 783 g/mol. The summed E-state index contributed by atoms with van der Waals surface area (Å²) in [7, 11) is 2.42. The molecule has 2 heterocycles. The number of nitrogens with zero attached hydrogens (tertiary/aromatic N) is 2. The van der Waals surface area contributed by atoms with Crippen LogP contribution in [-0.4, -0.2) is 130 Å². The number of nitrogens with two attached hydrogens (primary N) is 3. The number of carbonyl (C=O) groups is 8. The molecule has 20 nitrogen and oxygen atoms in total. The molecule has 7 amide bonds. The van der Waals surface area contributed by atoms with Crippen LogP contribution in [0.1, 0.15) is 51.5 Å². The van der Waals surface area contributed by atoms with E-state index in [0.29, 0.717) is 12.8 Å². The Labute approximate surface area is 336 Å². The molecule has 57 heavy (non-hydrogen) atoms. The van der Waals surface area contributed by atoms with Crippen molar-refractivity contribution in [2.75, 3.05) is 31.1 Å². The highest BCUT2D eigenvalue weighted by atomic mass is 33.1. The highest BCUT2D eigenvalue weighted by Crippen LogP contribution is 2.23. The van der Waals surface area contributed by atoms with Gasteiger partial charge < -0.3 is 58.8 Å². The number of fused-ring (bicyclic) bond motifs is 1. The fraction of sp³-hybridized carbons (Fsp3) is 0.514. The minimum atomic E-state index is -1.67. The molecule has 0 aliphatic carbocycles. The maximum absolute atomic E-state index is 14.0. The number of aromatic nitrogens is 1. The van der Waals surface area contributed by atoms with Gasteiger partial charge >= 0.3 is 5.97 Å². The number of hydrogen-bond acceptors (Lipinski definition) is 11. The number of amides is 7. The van der Waals surface area contributed by atoms with E-state index in [4.69, 9.17) is 17.2 Å². The van der Waals surface area contributed by atoms with E-state index in [1.165, 1.54) is 40.3 Å². The molecule has 1 aliphatic heterocycles. The van der Waals surface area contributed by atoms with E-state index in [0.717, 1.165) is 16.5 Å². The van der Waals surface area contributed by atoms with Gasteiger partial charge in [-0.15, -0.1) is 0 Å². The van der Waals surface area contributed by atoms with Crippen molar-refractivity contribution in [2.45, 2.75) is 82.6 Å². The molecule has 1 fully saturated rings. The Morgan fingerprint density at radius 2 is 1.61 bits per heavy atom. The number of aliphatic carboxylic acids is 1. The van der Waals surface area contributed by atoms with Crippen molar-refractivity contribution >= 4 is 85.8 Å². The van der Waals surface area contributed by atoms with Gasteiger partial charge in [-0.3, -0.25) is 43.3 Å². The third-order valence-electron chi connectivity index (χ3n) is 8.85. The number of aromatic amines is 1. The van der Waals surface area contributed by atoms with Gasteiger partial charge in [0.1, 0.15) is 30.2 Å². The molecule has 1 aromatic heterocycles. The van der Waals surface area contributed by atoms with Crippen LogP contribution in [-0.2, 0) is 44.8 Å². The molecule has 3 rings (SSSR count). The van der Waals surface area contributed by atoms with Crippen LogP contribution in [0.3, 0.4) is 0 Å². The molecule has 13 N–H and O–H groups in total. The summed E-state index contributed by atoms with van der Waals surface area (Å²) in [5, 5.41) is 22.8. The molecule has 1 aromatic carbocycles. The van der Waals surface area contributed by atoms with Gasteiger partial charge in [0.05, 0.1) is 13.0 Å². The number of hydrogen-bond donors (Lipinski definition) is 10. The lowest BCUT2D eigenvalue weighted by Gasteiger charge is -2.32. The molecule has 1 saturated heterocycles. The Bertz CT molecular complexity index is 1800. The van der Waals surface area contributed by atoms with Crippen molar-refractivity contribution in [1.29, 1.82) is 0 Å². The number of para-hydroxylation sites is 1. The van der Waals surface area contributed by atoms with Gasteiger partial charge in [0.15, 0.2) is 5.96 Å². The SMILES string of the molecule is C[C@@H]1NC(=O)C(CC(=O)O)NC(=O)CNC(=O)[C@H](CCCCN=C(N)N)NC(=O)CCSSC[C@@H](C(N)=O)NC(=O)[C@H](C)N(CCc2c[nH]c3ccccc23)C1=O. The van der Waals surface area contributed by atoms with Crippen molar-refractivity contribution in [1.82, 2.24) is 36.5 Å². The lowest BCUT2D eigenvalue weighted by molar-refractivity contribution is -0.144. The summed E-state index contributed by atoms with van der Waals surface area (Å²) in [4.78, 5) is 112. The van der Waals surface area contributed by atoms with Crippen molar-refractivity contribution in [3.8, 4) is 0 Å². The van der Waals surface area contributed by atoms with Crippen molar-refractivity contribution in [2.24, 2.45) is 22.2 Å². The Hall–Kier alpha value is -5.51. The molecule has 0 radical (unpaired) electrons. The third kappa shape index (κ3) is 15.2. The largest absolute Gasteiger partial charge is 0.481 e. The minimum Gasteiger partial charge on any atom is -0.481 e. The molecule has 0 spiro atoms. The van der Waals surface area contributed by atoms with Crippen molar-refractivity contribution in [3.63, 3.8) is 0 Å². The average molecular weight is 834 g/mol. The Morgan fingerprint density at radius 3 is 2.32 bits per heavy atom. The first-order valence-corrected chi connectivity index (χ1v) is 20.7. The highest BCUT2D eigenvalue weighted by Gasteiger charge is 2.34. The van der Waals surface area contributed by atoms with Gasteiger partial charge in [-0.25, -0.2) is 0 Å². The minimum absolute atomic E-state index is 0.00433. The number of rotatable bonds is 11. The summed E-state index contributed by atoms with van der Waals surface area (Å²) >= 11 is 0. The standard InChI is InChI=1S/C35H51N11O9S2/c1-19-34(55)46(13-10-21-16-40-23-8-4-3-7-22(21)23)20(2)31(52)45-26(30(36)51)18-57-56-14-11-27(47)43-24(9-5-6-12-39-35(37)38)32(53)41-17-28(48)44-25(15-29(49)50)33(54)42-19/h3-4,7-8,16,19-20,24-26,40H,5-6,9-15,17-18H2,1-2H3,(H2,36,51)(H,41,53)(H,42,54)(H,43,47)(H,44,48)(H,45,52)(H,49,50)(H4,37,38,39)/t19-,20-,24-,25?,26-/m0/s1. The van der Waals surface area contributed by atoms with Crippen LogP contribution in [0.4, 0.5) is 0 Å². The first kappa shape index (κ1) is 45.9. The second kappa shape index (κ2) is 22.9. The molecule has 0 bridgehead atoms. The van der Waals surface area contributed by atoms with Crippen LogP contribution < -0.4 is 43.8 Å². The smallest absolute Gasteiger partial charge is 0.305 e. The summed E-state index contributed by atoms with van der Waals surface area (Å²) in [5.74, 6) is -6.60. The second-order valence-corrected chi connectivity index (χ2v) is 15.9. The van der Waals surface area contributed by atoms with Crippen molar-refractivity contribution < 1.29 is 43.5 Å². The molecule has 0 saturated carbocycles. The number of benzene rings is 1. The van der Waals surface area contributed by atoms with Crippen LogP contribution in [0.25, 0.3) is 10.9 Å². The Kier molecular flexibility index (Phi) is 18.4. The van der Waals surface area contributed by atoms with Crippen LogP contribution in [0.15, 0.2) is 35.5 Å². The van der Waals surface area contributed by atoms with Gasteiger partial charge in [-0.05, 0) is 51.2 Å². The van der Waals surface area contributed by atoms with Gasteiger partial charge in [-0.2, -0.15) is 0 Å². The van der Waals surface area contributed by atoms with Gasteiger partial charge in [0, 0.05) is 48.1 Å². The van der Waals surface area contributed by atoms with E-state index in [9.17, 15) is 43.5 Å². The van der Waals surface area contributed by atoms with E-state index < -0.39 is 90.5 Å². The summed E-state index contributed by atoms with van der Waals surface area (Å²) in [6.07, 6.45) is 2.24. The second-order valence-electron chi connectivity index (χ2n) is 13.2. The fourth-order valence-corrected chi connectivity index (χ4v) is 7.93. The summed E-state index contributed by atoms with van der Waals surface area (Å²) < 4.78 is 0. The molecule has 22 heteroatoms. The van der Waals surface area contributed by atoms with E-state index in [1.54, 1.807) is 6.20 Å². The zero-order valence-corrected chi connectivity index (χ0v) is 33.3. The molecule has 1 unspecified atom stereocenters. The van der Waals surface area contributed by atoms with Gasteiger partial charge in [0.2, 0.25) is 41.4 Å². The number of aliphatic imine (C=N–C) groups is 1. The summed E-state index contributed by atoms with van der Waals surface area (Å²) in [6.45, 7) is 2.41. The number of nitrogens with one attached hydrogen (secondary N) is 6. The van der Waals surface area contributed by atoms with Gasteiger partial charge in [0.25, 0.3) is 0 Å². The number of carboxylic acid groups (broad SMARTS) is 1. The quantitative estimate of drug-likeness (QED) is 0.0518. The fourth-order valence-electron chi connectivity index (χ4n) is 5.76. The topological polar surface area (TPSA) is 326 Å². The van der Waals surface area contributed by atoms with Crippen LogP contribution in [0.2, 0.25) is 0 Å². The van der Waals surface area contributed by atoms with Gasteiger partial charge in [-0.1, -0.05) is 39.8 Å². The molecular formula is C35H51N11O9S2. The molecule has 2 aromatic rings. The lowest BCUT2D eigenvalue weighted by Crippen LogP contribution is -2.59. The predicted molar refractivity (Wildman–Crippen MR) is 215 cm³/mol. The molecule has 1 aliphatic rings. The average Bonchev–Trinajstić information content (AvgIpc) is 3.57. The number of unbranched alkanes of at least 4 members (excludes halogenated alkanes) is 1. The number of guanidine groups is 1. The molecule has 5 atom stereocenters. The summed E-state index contributed by atoms with van der Waals surface area (Å²) in [6, 6.07) is 1.13. The van der Waals surface area contributed by atoms with Crippen molar-refractivity contribution in [3.05, 3.63) is 36.0 Å². The normalized spacial score (nSPS) is 22.7.